The Morgan fingerprint density at radius 3 is 2.70 bits per heavy atom. The minimum Gasteiger partial charge on any atom is -0.342 e. The van der Waals surface area contributed by atoms with Crippen LogP contribution >= 0.6 is 0 Å². The van der Waals surface area contributed by atoms with Crippen LogP contribution in [-0.2, 0) is 16.1 Å². The lowest BCUT2D eigenvalue weighted by molar-refractivity contribution is -0.134. The summed E-state index contributed by atoms with van der Waals surface area (Å²) in [6, 6.07) is 0. The Balaban J connectivity index is 1.54. The predicted molar refractivity (Wildman–Crippen MR) is 82.1 cm³/mol. The van der Waals surface area contributed by atoms with Gasteiger partial charge in [0.15, 0.2) is 0 Å². The van der Waals surface area contributed by atoms with Gasteiger partial charge in [0.1, 0.15) is 12.9 Å². The summed E-state index contributed by atoms with van der Waals surface area (Å²) in [4.78, 5) is 28.4. The fourth-order valence-electron chi connectivity index (χ4n) is 3.65. The van der Waals surface area contributed by atoms with Gasteiger partial charge in [-0.05, 0) is 29.2 Å². The molecule has 0 N–H and O–H groups in total. The van der Waals surface area contributed by atoms with E-state index >= 15 is 0 Å². The van der Waals surface area contributed by atoms with Gasteiger partial charge in [-0.25, -0.2) is 4.68 Å². The van der Waals surface area contributed by atoms with Gasteiger partial charge >= 0.3 is 0 Å². The van der Waals surface area contributed by atoms with Crippen LogP contribution in [0.25, 0.3) is 0 Å². The molecular weight excluding hydrogens is 296 g/mol. The maximum absolute atomic E-state index is 12.3. The molecule has 1 aromatic rings. The van der Waals surface area contributed by atoms with Crippen LogP contribution < -0.4 is 0 Å². The van der Waals surface area contributed by atoms with Crippen molar-refractivity contribution in [1.82, 2.24) is 30.0 Å². The van der Waals surface area contributed by atoms with Gasteiger partial charge in [-0.15, -0.1) is 5.10 Å². The molecule has 2 saturated heterocycles. The van der Waals surface area contributed by atoms with Crippen LogP contribution in [0.1, 0.15) is 33.1 Å². The molecule has 2 aliphatic heterocycles. The highest BCUT2D eigenvalue weighted by molar-refractivity contribution is 5.80. The molecule has 8 heteroatoms. The Kier molecular flexibility index (Phi) is 4.32. The fraction of sp³-hybridized carbons (Fsp3) is 0.800. The van der Waals surface area contributed by atoms with E-state index in [0.717, 1.165) is 25.9 Å². The number of rotatable bonds is 4. The molecule has 0 unspecified atom stereocenters. The third-order valence-electron chi connectivity index (χ3n) is 4.86. The highest BCUT2D eigenvalue weighted by Gasteiger charge is 2.45. The molecule has 3 heterocycles. The van der Waals surface area contributed by atoms with Gasteiger partial charge < -0.3 is 9.80 Å². The van der Waals surface area contributed by atoms with Crippen molar-refractivity contribution in [2.24, 2.45) is 11.3 Å². The van der Waals surface area contributed by atoms with E-state index in [-0.39, 0.29) is 23.8 Å². The smallest absolute Gasteiger partial charge is 0.244 e. The zero-order chi connectivity index (χ0) is 16.4. The summed E-state index contributed by atoms with van der Waals surface area (Å²) >= 11 is 0. The first-order valence-corrected chi connectivity index (χ1v) is 8.24. The Morgan fingerprint density at radius 2 is 2.09 bits per heavy atom. The molecule has 0 saturated carbocycles. The number of hydrogen-bond donors (Lipinski definition) is 0. The number of aromatic nitrogens is 4. The van der Waals surface area contributed by atoms with E-state index in [1.165, 1.54) is 11.0 Å². The van der Waals surface area contributed by atoms with Crippen molar-refractivity contribution in [2.75, 3.05) is 26.2 Å². The van der Waals surface area contributed by atoms with Crippen LogP contribution in [0.15, 0.2) is 6.33 Å². The van der Waals surface area contributed by atoms with Crippen molar-refractivity contribution in [3.05, 3.63) is 6.33 Å². The highest BCUT2D eigenvalue weighted by atomic mass is 16.2. The average molecular weight is 320 g/mol. The lowest BCUT2D eigenvalue weighted by Crippen LogP contribution is -2.45. The lowest BCUT2D eigenvalue weighted by Gasteiger charge is -2.38. The van der Waals surface area contributed by atoms with Crippen molar-refractivity contribution in [3.63, 3.8) is 0 Å². The molecule has 0 aromatic carbocycles. The van der Waals surface area contributed by atoms with Gasteiger partial charge in [-0.2, -0.15) is 0 Å². The number of likely N-dealkylation sites (tertiary alicyclic amines) is 2. The van der Waals surface area contributed by atoms with Crippen molar-refractivity contribution in [1.29, 1.82) is 0 Å². The van der Waals surface area contributed by atoms with E-state index < -0.39 is 0 Å². The van der Waals surface area contributed by atoms with E-state index in [1.54, 1.807) is 0 Å². The van der Waals surface area contributed by atoms with Crippen LogP contribution in [0, 0.1) is 11.3 Å². The Bertz CT molecular complexity index is 563. The lowest BCUT2D eigenvalue weighted by atomic mass is 9.77. The van der Waals surface area contributed by atoms with Crippen LogP contribution in [0.4, 0.5) is 0 Å². The van der Waals surface area contributed by atoms with Crippen LogP contribution in [0.2, 0.25) is 0 Å². The van der Waals surface area contributed by atoms with E-state index in [1.807, 2.05) is 9.80 Å². The summed E-state index contributed by atoms with van der Waals surface area (Å²) in [5.74, 6) is 0.801. The normalized spacial score (nSPS) is 20.7. The van der Waals surface area contributed by atoms with Gasteiger partial charge in [0.2, 0.25) is 11.8 Å². The largest absolute Gasteiger partial charge is 0.342 e. The minimum atomic E-state index is 0.0375. The Hall–Kier alpha value is -1.99. The molecule has 0 atom stereocenters. The molecule has 0 aliphatic carbocycles. The molecule has 126 valence electrons. The summed E-state index contributed by atoms with van der Waals surface area (Å²) in [5, 5.41) is 10.8. The van der Waals surface area contributed by atoms with Crippen LogP contribution in [0.3, 0.4) is 0 Å². The number of hydrogen-bond acceptors (Lipinski definition) is 5. The second-order valence-electron chi connectivity index (χ2n) is 7.23. The first-order valence-electron chi connectivity index (χ1n) is 8.24. The molecule has 2 aliphatic rings. The number of carbonyl (C=O) groups excluding carboxylic acids is 2. The third-order valence-corrected chi connectivity index (χ3v) is 4.86. The van der Waals surface area contributed by atoms with Crippen molar-refractivity contribution >= 4 is 11.8 Å². The van der Waals surface area contributed by atoms with Gasteiger partial charge in [-0.3, -0.25) is 9.59 Å². The van der Waals surface area contributed by atoms with E-state index in [9.17, 15) is 9.59 Å². The quantitative estimate of drug-likeness (QED) is 0.789. The second kappa shape index (κ2) is 6.25. The summed E-state index contributed by atoms with van der Waals surface area (Å²) in [5.41, 5.74) is 0.0670. The molecule has 2 fully saturated rings. The van der Waals surface area contributed by atoms with E-state index in [2.05, 4.69) is 29.4 Å². The highest BCUT2D eigenvalue weighted by Crippen LogP contribution is 2.41. The average Bonchev–Trinajstić information content (AvgIpc) is 3.08. The van der Waals surface area contributed by atoms with Crippen molar-refractivity contribution < 1.29 is 9.59 Å². The summed E-state index contributed by atoms with van der Waals surface area (Å²) in [6.45, 7) is 7.56. The molecule has 0 radical (unpaired) electrons. The molecule has 2 amide bonds. The molecule has 1 aromatic heterocycles. The summed E-state index contributed by atoms with van der Waals surface area (Å²) < 4.78 is 1.44. The van der Waals surface area contributed by atoms with E-state index in [4.69, 9.17) is 0 Å². The third kappa shape index (κ3) is 3.51. The zero-order valence-electron chi connectivity index (χ0n) is 13.8. The van der Waals surface area contributed by atoms with Crippen LogP contribution in [0.5, 0.6) is 0 Å². The standard InChI is InChI=1S/C15H24N6O2/c1-12(2)8-20-10-15(7-13(20)22)3-5-19(6-4-15)14(23)9-21-11-16-17-18-21/h11-12H,3-10H2,1-2H3. The van der Waals surface area contributed by atoms with Gasteiger partial charge in [0.25, 0.3) is 0 Å². The first-order chi connectivity index (χ1) is 11.0. The zero-order valence-corrected chi connectivity index (χ0v) is 13.8. The molecule has 0 bridgehead atoms. The van der Waals surface area contributed by atoms with Crippen molar-refractivity contribution in [2.45, 2.75) is 39.7 Å². The van der Waals surface area contributed by atoms with Gasteiger partial charge in [0.05, 0.1) is 0 Å². The molecule has 1 spiro atoms. The maximum Gasteiger partial charge on any atom is 0.244 e. The fourth-order valence-corrected chi connectivity index (χ4v) is 3.65. The van der Waals surface area contributed by atoms with Crippen molar-refractivity contribution in [3.8, 4) is 0 Å². The van der Waals surface area contributed by atoms with Crippen LogP contribution in [-0.4, -0.2) is 68.0 Å². The number of carbonyl (C=O) groups is 2. The SMILES string of the molecule is CC(C)CN1CC2(CCN(C(=O)Cn3cnnn3)CC2)CC1=O. The molecule has 3 rings (SSSR count). The first kappa shape index (κ1) is 15.9. The summed E-state index contributed by atoms with van der Waals surface area (Å²) in [7, 11) is 0. The monoisotopic (exact) mass is 320 g/mol. The Labute approximate surface area is 135 Å². The number of piperidine rings is 1. The topological polar surface area (TPSA) is 84.2 Å². The van der Waals surface area contributed by atoms with Gasteiger partial charge in [-0.1, -0.05) is 13.8 Å². The Morgan fingerprint density at radius 1 is 1.35 bits per heavy atom. The maximum atomic E-state index is 12.3. The predicted octanol–water partition coefficient (Wildman–Crippen LogP) is 0.170. The summed E-state index contributed by atoms with van der Waals surface area (Å²) in [6.07, 6.45) is 3.88. The van der Waals surface area contributed by atoms with E-state index in [0.29, 0.717) is 25.4 Å². The minimum absolute atomic E-state index is 0.0375. The number of amides is 2. The molecule has 8 nitrogen and oxygen atoms in total. The molecular formula is C15H24N6O2. The van der Waals surface area contributed by atoms with Gasteiger partial charge in [0, 0.05) is 38.0 Å². The molecule has 23 heavy (non-hydrogen) atoms. The number of nitrogens with zero attached hydrogens (tertiary/aromatic N) is 6. The number of tetrazole rings is 1. The second-order valence-corrected chi connectivity index (χ2v) is 7.23.